The minimum Gasteiger partial charge on any atom is -0.479 e. The summed E-state index contributed by atoms with van der Waals surface area (Å²) >= 11 is 0. The molecule has 0 aliphatic heterocycles. The summed E-state index contributed by atoms with van der Waals surface area (Å²) in [7, 11) is 3.42. The van der Waals surface area contributed by atoms with Gasteiger partial charge in [0.1, 0.15) is 0 Å². The molecule has 1 amide bonds. The molecule has 0 fully saturated rings. The average molecular weight is 432 g/mol. The van der Waals surface area contributed by atoms with E-state index < -0.39 is 0 Å². The Morgan fingerprint density at radius 2 is 2.03 bits per heavy atom. The summed E-state index contributed by atoms with van der Waals surface area (Å²) in [6.45, 7) is 3.95. The van der Waals surface area contributed by atoms with Crippen LogP contribution in [0, 0.1) is 13.8 Å². The number of aryl methyl sites for hydroxylation is 3. The Labute approximate surface area is 184 Å². The van der Waals surface area contributed by atoms with Gasteiger partial charge in [-0.05, 0) is 49.6 Å². The lowest BCUT2D eigenvalue weighted by Gasteiger charge is -2.12. The van der Waals surface area contributed by atoms with E-state index in [1.165, 1.54) is 6.07 Å². The largest absolute Gasteiger partial charge is 0.479 e. The van der Waals surface area contributed by atoms with E-state index in [0.717, 1.165) is 33.4 Å². The van der Waals surface area contributed by atoms with Gasteiger partial charge < -0.3 is 10.1 Å². The van der Waals surface area contributed by atoms with E-state index in [1.807, 2.05) is 45.2 Å². The van der Waals surface area contributed by atoms with Gasteiger partial charge in [0.25, 0.3) is 5.56 Å². The molecule has 1 aromatic carbocycles. The Bertz CT molecular complexity index is 1350. The molecule has 4 aromatic rings. The first kappa shape index (κ1) is 21.2. The molecule has 32 heavy (non-hydrogen) atoms. The highest BCUT2D eigenvalue weighted by Gasteiger charge is 2.18. The molecule has 3 heterocycles. The number of aromatic nitrogens is 5. The molecule has 0 atom stereocenters. The molecule has 2 N–H and O–H groups in total. The minimum absolute atomic E-state index is 0.103. The van der Waals surface area contributed by atoms with E-state index >= 15 is 0 Å². The predicted molar refractivity (Wildman–Crippen MR) is 122 cm³/mol. The molecule has 0 unspecified atom stereocenters. The maximum absolute atomic E-state index is 12.7. The third-order valence-electron chi connectivity index (χ3n) is 5.44. The molecule has 0 aliphatic carbocycles. The van der Waals surface area contributed by atoms with Crippen LogP contribution in [0.4, 0.5) is 5.69 Å². The van der Waals surface area contributed by atoms with Crippen LogP contribution in [0.1, 0.15) is 23.2 Å². The summed E-state index contributed by atoms with van der Waals surface area (Å²) in [6, 6.07) is 10.4. The van der Waals surface area contributed by atoms with Crippen molar-refractivity contribution in [3.63, 3.8) is 0 Å². The molecule has 0 bridgehead atoms. The summed E-state index contributed by atoms with van der Waals surface area (Å²) in [6.07, 6.45) is 0.851. The molecule has 3 aromatic heterocycles. The Balaban J connectivity index is 1.50. The molecular formula is C23H24N6O3. The number of carbonyl (C=O) groups excluding carboxylic acids is 1. The Kier molecular flexibility index (Phi) is 5.72. The zero-order valence-electron chi connectivity index (χ0n) is 18.4. The quantitative estimate of drug-likeness (QED) is 0.484. The number of nitrogens with one attached hydrogen (secondary N) is 2. The minimum atomic E-state index is -0.264. The lowest BCUT2D eigenvalue weighted by Crippen LogP contribution is -2.13. The molecule has 4 rings (SSSR count). The van der Waals surface area contributed by atoms with Crippen molar-refractivity contribution in [1.29, 1.82) is 0 Å². The maximum Gasteiger partial charge on any atom is 0.264 e. The molecule has 0 saturated carbocycles. The maximum atomic E-state index is 12.7. The second-order valence-electron chi connectivity index (χ2n) is 7.57. The number of fused-ring (bicyclic) bond motifs is 1. The number of carbonyl (C=O) groups is 1. The van der Waals surface area contributed by atoms with Crippen molar-refractivity contribution in [2.45, 2.75) is 26.7 Å². The number of nitrogens with zero attached hydrogens (tertiary/aromatic N) is 4. The van der Waals surface area contributed by atoms with Crippen molar-refractivity contribution in [3.8, 4) is 17.1 Å². The van der Waals surface area contributed by atoms with Crippen molar-refractivity contribution in [2.24, 2.45) is 7.05 Å². The highest BCUT2D eigenvalue weighted by atomic mass is 16.5. The molecule has 0 spiro atoms. The number of pyridine rings is 1. The van der Waals surface area contributed by atoms with Gasteiger partial charge in [0.15, 0.2) is 5.65 Å². The monoisotopic (exact) mass is 432 g/mol. The fourth-order valence-corrected chi connectivity index (χ4v) is 3.83. The van der Waals surface area contributed by atoms with Crippen LogP contribution in [0.3, 0.4) is 0 Å². The van der Waals surface area contributed by atoms with Gasteiger partial charge in [0.05, 0.1) is 18.2 Å². The number of rotatable bonds is 6. The SMILES string of the molecule is COc1nn(C)c2nc(C)c(CCC(=O)Nc3cccc(-c4ccc(=O)[nH]n4)c3)c(C)c12. The number of methoxy groups -OCH3 is 1. The molecule has 9 nitrogen and oxygen atoms in total. The Morgan fingerprint density at radius 3 is 2.75 bits per heavy atom. The summed E-state index contributed by atoms with van der Waals surface area (Å²) in [4.78, 5) is 28.6. The molecule has 0 radical (unpaired) electrons. The number of amides is 1. The van der Waals surface area contributed by atoms with Crippen LogP contribution in [-0.4, -0.2) is 38.0 Å². The van der Waals surface area contributed by atoms with Gasteiger partial charge in [-0.1, -0.05) is 12.1 Å². The molecule has 0 saturated heterocycles. The van der Waals surface area contributed by atoms with Gasteiger partial charge in [-0.3, -0.25) is 9.59 Å². The highest BCUT2D eigenvalue weighted by Crippen LogP contribution is 2.30. The van der Waals surface area contributed by atoms with Crippen molar-refractivity contribution < 1.29 is 9.53 Å². The van der Waals surface area contributed by atoms with Crippen LogP contribution in [-0.2, 0) is 18.3 Å². The predicted octanol–water partition coefficient (Wildman–Crippen LogP) is 2.92. The Morgan fingerprint density at radius 1 is 1.22 bits per heavy atom. The highest BCUT2D eigenvalue weighted by molar-refractivity contribution is 5.92. The van der Waals surface area contributed by atoms with Crippen LogP contribution in [0.25, 0.3) is 22.3 Å². The Hall–Kier alpha value is -4.01. The first-order valence-corrected chi connectivity index (χ1v) is 10.2. The van der Waals surface area contributed by atoms with Crippen LogP contribution < -0.4 is 15.6 Å². The second-order valence-corrected chi connectivity index (χ2v) is 7.57. The normalized spacial score (nSPS) is 11.0. The summed E-state index contributed by atoms with van der Waals surface area (Å²) < 4.78 is 7.11. The zero-order valence-corrected chi connectivity index (χ0v) is 18.4. The third kappa shape index (κ3) is 4.09. The van der Waals surface area contributed by atoms with Crippen LogP contribution in [0.15, 0.2) is 41.2 Å². The average Bonchev–Trinajstić information content (AvgIpc) is 3.10. The van der Waals surface area contributed by atoms with Crippen molar-refractivity contribution in [2.75, 3.05) is 12.4 Å². The molecular weight excluding hydrogens is 408 g/mol. The third-order valence-corrected chi connectivity index (χ3v) is 5.44. The fraction of sp³-hybridized carbons (Fsp3) is 0.261. The smallest absolute Gasteiger partial charge is 0.264 e. The van der Waals surface area contributed by atoms with E-state index in [-0.39, 0.29) is 11.5 Å². The fourth-order valence-electron chi connectivity index (χ4n) is 3.83. The van der Waals surface area contributed by atoms with E-state index in [4.69, 9.17) is 4.74 Å². The van der Waals surface area contributed by atoms with Crippen molar-refractivity contribution in [1.82, 2.24) is 25.0 Å². The van der Waals surface area contributed by atoms with E-state index in [2.05, 4.69) is 25.6 Å². The summed E-state index contributed by atoms with van der Waals surface area (Å²) in [5.74, 6) is 0.430. The number of hydrogen-bond acceptors (Lipinski definition) is 6. The zero-order chi connectivity index (χ0) is 22.8. The summed E-state index contributed by atoms with van der Waals surface area (Å²) in [5.41, 5.74) is 5.50. The second kappa shape index (κ2) is 8.62. The number of hydrogen-bond donors (Lipinski definition) is 2. The first-order valence-electron chi connectivity index (χ1n) is 10.2. The van der Waals surface area contributed by atoms with Gasteiger partial charge in [-0.15, -0.1) is 5.10 Å². The lowest BCUT2D eigenvalue weighted by molar-refractivity contribution is -0.116. The number of benzene rings is 1. The number of H-pyrrole nitrogens is 1. The van der Waals surface area contributed by atoms with Crippen LogP contribution in [0.5, 0.6) is 5.88 Å². The summed E-state index contributed by atoms with van der Waals surface area (Å²) in [5, 5.41) is 14.6. The topological polar surface area (TPSA) is 115 Å². The molecule has 0 aliphatic rings. The van der Waals surface area contributed by atoms with Gasteiger partial charge in [0.2, 0.25) is 11.8 Å². The standard InChI is InChI=1S/C23H24N6O3/c1-13-17(14(2)24-22-21(13)23(32-4)28-29(22)3)8-10-19(30)25-16-7-5-6-15(12-16)18-9-11-20(31)27-26-18/h5-7,9,11-12H,8,10H2,1-4H3,(H,25,30)(H,27,31). The lowest BCUT2D eigenvalue weighted by atomic mass is 10.00. The van der Waals surface area contributed by atoms with Crippen molar-refractivity contribution in [3.05, 3.63) is 63.6 Å². The number of ether oxygens (including phenoxy) is 1. The molecule has 164 valence electrons. The van der Waals surface area contributed by atoms with Crippen LogP contribution in [0.2, 0.25) is 0 Å². The van der Waals surface area contributed by atoms with E-state index in [1.54, 1.807) is 17.9 Å². The number of anilines is 1. The van der Waals surface area contributed by atoms with Gasteiger partial charge in [-0.2, -0.15) is 5.10 Å². The molecule has 9 heteroatoms. The number of aromatic amines is 1. The van der Waals surface area contributed by atoms with E-state index in [0.29, 0.717) is 30.1 Å². The van der Waals surface area contributed by atoms with Gasteiger partial charge in [-0.25, -0.2) is 14.8 Å². The van der Waals surface area contributed by atoms with Gasteiger partial charge in [0, 0.05) is 36.5 Å². The van der Waals surface area contributed by atoms with Crippen molar-refractivity contribution >= 4 is 22.6 Å². The first-order chi connectivity index (χ1) is 15.4. The van der Waals surface area contributed by atoms with E-state index in [9.17, 15) is 9.59 Å². The van der Waals surface area contributed by atoms with Gasteiger partial charge >= 0.3 is 0 Å². The van der Waals surface area contributed by atoms with Crippen LogP contribution >= 0.6 is 0 Å².